The highest BCUT2D eigenvalue weighted by Crippen LogP contribution is 2.43. The molecule has 1 aliphatic heterocycles. The van der Waals surface area contributed by atoms with Crippen LogP contribution in [-0.4, -0.2) is 53.0 Å². The average molecular weight is 461 g/mol. The largest absolute Gasteiger partial charge is 0.343 e. The van der Waals surface area contributed by atoms with Crippen molar-refractivity contribution in [3.8, 4) is 0 Å². The van der Waals surface area contributed by atoms with Crippen molar-refractivity contribution in [1.82, 2.24) is 14.4 Å². The van der Waals surface area contributed by atoms with E-state index in [-0.39, 0.29) is 11.8 Å². The number of hydrogen-bond donors (Lipinski definition) is 0. The van der Waals surface area contributed by atoms with Gasteiger partial charge in [-0.1, -0.05) is 18.2 Å². The summed E-state index contributed by atoms with van der Waals surface area (Å²) in [6.07, 6.45) is 3.30. The van der Waals surface area contributed by atoms with Crippen molar-refractivity contribution < 1.29 is 4.79 Å². The summed E-state index contributed by atoms with van der Waals surface area (Å²) in [6.45, 7) is 6.47. The minimum atomic E-state index is -0.0502. The maximum atomic E-state index is 13.0. The molecule has 1 aromatic heterocycles. The summed E-state index contributed by atoms with van der Waals surface area (Å²) in [5.74, 6) is 0.208. The molecule has 1 amide bonds. The monoisotopic (exact) mass is 461 g/mol. The highest BCUT2D eigenvalue weighted by Gasteiger charge is 2.37. The number of aromatic nitrogens is 1. The Balaban J connectivity index is 1.86. The van der Waals surface area contributed by atoms with Crippen molar-refractivity contribution in [2.24, 2.45) is 13.0 Å². The van der Waals surface area contributed by atoms with Crippen LogP contribution in [0.4, 0.5) is 0 Å². The topological polar surface area (TPSA) is 28.5 Å². The van der Waals surface area contributed by atoms with Crippen molar-refractivity contribution in [2.45, 2.75) is 26.3 Å². The van der Waals surface area contributed by atoms with Gasteiger partial charge in [0, 0.05) is 43.6 Å². The summed E-state index contributed by atoms with van der Waals surface area (Å²) in [5, 5.41) is 1.38. The number of aryl methyl sites for hydroxylation is 1. The summed E-state index contributed by atoms with van der Waals surface area (Å²) in [7, 11) is 4.32. The summed E-state index contributed by atoms with van der Waals surface area (Å²) >= 11 is 2.48. The SMILES string of the molecule is CCN(CC)C(=O)C1C=C2c3cccc4c3c(c([125I])n4C)C[C@H]2N(C)C1. The highest BCUT2D eigenvalue weighted by atomic mass is 125. The number of amides is 1. The number of rotatable bonds is 3. The molecule has 1 aromatic carbocycles. The van der Waals surface area contributed by atoms with Crippen molar-refractivity contribution in [3.05, 3.63) is 39.1 Å². The first-order chi connectivity index (χ1) is 12.5. The van der Waals surface area contributed by atoms with Gasteiger partial charge in [-0.2, -0.15) is 0 Å². The van der Waals surface area contributed by atoms with Gasteiger partial charge in [-0.3, -0.25) is 9.69 Å². The van der Waals surface area contributed by atoms with Gasteiger partial charge in [-0.15, -0.1) is 0 Å². The Morgan fingerprint density at radius 1 is 1.27 bits per heavy atom. The van der Waals surface area contributed by atoms with Gasteiger partial charge in [0.25, 0.3) is 0 Å². The lowest BCUT2D eigenvalue weighted by Gasteiger charge is -2.40. The Bertz CT molecular complexity index is 910. The lowest BCUT2D eigenvalue weighted by molar-refractivity contribution is -0.134. The molecule has 0 saturated heterocycles. The molecule has 1 aliphatic carbocycles. The zero-order chi connectivity index (χ0) is 18.6. The number of carbonyl (C=O) groups is 1. The number of carbonyl (C=O) groups excluding carboxylic acids is 1. The van der Waals surface area contributed by atoms with Gasteiger partial charge >= 0.3 is 0 Å². The molecular formula is C21H26IN3O. The summed E-state index contributed by atoms with van der Waals surface area (Å²) in [4.78, 5) is 17.3. The van der Waals surface area contributed by atoms with E-state index < -0.39 is 0 Å². The summed E-state index contributed by atoms with van der Waals surface area (Å²) < 4.78 is 3.63. The minimum Gasteiger partial charge on any atom is -0.343 e. The van der Waals surface area contributed by atoms with Crippen LogP contribution in [0.1, 0.15) is 25.0 Å². The van der Waals surface area contributed by atoms with Crippen LogP contribution in [-0.2, 0) is 18.3 Å². The lowest BCUT2D eigenvalue weighted by atomic mass is 9.79. The third kappa shape index (κ3) is 2.54. The van der Waals surface area contributed by atoms with Crippen LogP contribution in [0, 0.1) is 9.62 Å². The molecule has 138 valence electrons. The molecule has 1 unspecified atom stereocenters. The zero-order valence-corrected chi connectivity index (χ0v) is 18.1. The fourth-order valence-corrected chi connectivity index (χ4v) is 5.43. The molecule has 2 heterocycles. The molecule has 4 rings (SSSR count). The first-order valence-corrected chi connectivity index (χ1v) is 10.5. The second kappa shape index (κ2) is 6.68. The van der Waals surface area contributed by atoms with Crippen molar-refractivity contribution in [3.63, 3.8) is 0 Å². The van der Waals surface area contributed by atoms with Gasteiger partial charge in [0.15, 0.2) is 0 Å². The van der Waals surface area contributed by atoms with Gasteiger partial charge in [-0.05, 0) is 72.7 Å². The van der Waals surface area contributed by atoms with Gasteiger partial charge in [0.05, 0.1) is 9.62 Å². The van der Waals surface area contributed by atoms with E-state index in [0.29, 0.717) is 6.04 Å². The third-order valence-electron chi connectivity index (χ3n) is 6.11. The van der Waals surface area contributed by atoms with E-state index in [9.17, 15) is 4.79 Å². The third-order valence-corrected chi connectivity index (χ3v) is 7.48. The van der Waals surface area contributed by atoms with Crippen LogP contribution in [0.25, 0.3) is 16.5 Å². The van der Waals surface area contributed by atoms with E-state index in [4.69, 9.17) is 0 Å². The molecule has 0 radical (unpaired) electrons. The molecule has 0 fully saturated rings. The van der Waals surface area contributed by atoms with E-state index in [1.165, 1.54) is 31.3 Å². The molecule has 2 aliphatic rings. The molecule has 0 N–H and O–H groups in total. The van der Waals surface area contributed by atoms with E-state index in [0.717, 1.165) is 26.1 Å². The summed E-state index contributed by atoms with van der Waals surface area (Å²) in [6, 6.07) is 6.95. The maximum absolute atomic E-state index is 13.0. The van der Waals surface area contributed by atoms with Crippen molar-refractivity contribution >= 4 is 45.0 Å². The average Bonchev–Trinajstić information content (AvgIpc) is 2.89. The van der Waals surface area contributed by atoms with Crippen molar-refractivity contribution in [2.75, 3.05) is 26.7 Å². The normalized spacial score (nSPS) is 22.3. The zero-order valence-electron chi connectivity index (χ0n) is 15.9. The second-order valence-electron chi connectivity index (χ2n) is 7.43. The van der Waals surface area contributed by atoms with Crippen LogP contribution in [0.15, 0.2) is 24.3 Å². The number of benzene rings is 1. The molecule has 26 heavy (non-hydrogen) atoms. The fourth-order valence-electron chi connectivity index (χ4n) is 4.68. The predicted octanol–water partition coefficient (Wildman–Crippen LogP) is 3.52. The number of hydrogen-bond acceptors (Lipinski definition) is 2. The standard InChI is InChI=1S/C21H26IN3O/c1-5-25(6-2)21(26)13-10-15-14-8-7-9-17-19(14)16(20(22)24(17)4)11-18(15)23(3)12-13/h7-10,13,18H,5-6,11-12H2,1-4H3/t13?,18-/m1/s1/i22-2. The lowest BCUT2D eigenvalue weighted by Crippen LogP contribution is -2.47. The number of nitrogens with zero attached hydrogens (tertiary/aromatic N) is 3. The molecule has 0 spiro atoms. The van der Waals surface area contributed by atoms with E-state index >= 15 is 0 Å². The Kier molecular flexibility index (Phi) is 4.63. The quantitative estimate of drug-likeness (QED) is 0.655. The second-order valence-corrected chi connectivity index (χ2v) is 8.45. The Morgan fingerprint density at radius 2 is 2.00 bits per heavy atom. The summed E-state index contributed by atoms with van der Waals surface area (Å²) in [5.41, 5.74) is 5.41. The maximum Gasteiger partial charge on any atom is 0.230 e. The smallest absolute Gasteiger partial charge is 0.230 e. The molecule has 2 atom stereocenters. The van der Waals surface area contributed by atoms with Gasteiger partial charge in [-0.25, -0.2) is 0 Å². The van der Waals surface area contributed by atoms with E-state index in [2.05, 4.69) is 84.3 Å². The van der Waals surface area contributed by atoms with Crippen LogP contribution in [0.5, 0.6) is 0 Å². The van der Waals surface area contributed by atoms with E-state index in [1.807, 2.05) is 4.90 Å². The molecule has 0 saturated carbocycles. The van der Waals surface area contributed by atoms with Gasteiger partial charge < -0.3 is 9.47 Å². The Labute approximate surface area is 169 Å². The molecule has 5 heteroatoms. The molecule has 0 bridgehead atoms. The first-order valence-electron chi connectivity index (χ1n) is 9.44. The highest BCUT2D eigenvalue weighted by molar-refractivity contribution is 14.1. The number of fused-ring (bicyclic) bond motifs is 2. The van der Waals surface area contributed by atoms with Crippen molar-refractivity contribution in [1.29, 1.82) is 0 Å². The minimum absolute atomic E-state index is 0.0502. The van der Waals surface area contributed by atoms with Crippen LogP contribution in [0.2, 0.25) is 0 Å². The molecule has 2 aromatic rings. The van der Waals surface area contributed by atoms with Gasteiger partial charge in [0.1, 0.15) is 0 Å². The van der Waals surface area contributed by atoms with Gasteiger partial charge in [0.2, 0.25) is 5.91 Å². The van der Waals surface area contributed by atoms with Crippen LogP contribution >= 0.6 is 22.6 Å². The number of likely N-dealkylation sites (N-methyl/N-ethyl adjacent to an activating group) is 1. The van der Waals surface area contributed by atoms with Crippen LogP contribution < -0.4 is 0 Å². The first kappa shape index (κ1) is 18.0. The van der Waals surface area contributed by atoms with E-state index in [1.54, 1.807) is 0 Å². The molecule has 4 nitrogen and oxygen atoms in total. The number of halogens is 1. The predicted molar refractivity (Wildman–Crippen MR) is 115 cm³/mol. The molecular weight excluding hydrogens is 435 g/mol. The Hall–Kier alpha value is -1.34. The Morgan fingerprint density at radius 3 is 2.69 bits per heavy atom. The fraction of sp³-hybridized carbons (Fsp3) is 0.476. The van der Waals surface area contributed by atoms with Crippen LogP contribution in [0.3, 0.4) is 0 Å².